The Morgan fingerprint density at radius 3 is 1.82 bits per heavy atom. The van der Waals surface area contributed by atoms with Crippen molar-refractivity contribution in [1.29, 1.82) is 0 Å². The first-order valence-electron chi connectivity index (χ1n) is 9.60. The number of rotatable bonds is 6. The number of hydrogen-bond donors (Lipinski definition) is 0. The van der Waals surface area contributed by atoms with Crippen LogP contribution in [-0.2, 0) is 4.43 Å². The van der Waals surface area contributed by atoms with Gasteiger partial charge in [0.1, 0.15) is 6.29 Å². The van der Waals surface area contributed by atoms with Crippen molar-refractivity contribution in [2.75, 3.05) is 0 Å². The molecule has 3 aromatic rings. The van der Waals surface area contributed by atoms with E-state index in [0.29, 0.717) is 5.56 Å². The standard InChI is InChI=1S/C25H27O2Si/c1-19-17-20(18-26)15-16-23(19)24(25(2,3)4)27-28(21-11-7-5-8-12-21)22-13-9-6-10-14-22/h5-18,24H,1-4H3. The Hall–Kier alpha value is -2.49. The number of aldehydes is 1. The van der Waals surface area contributed by atoms with Gasteiger partial charge in [0.25, 0.3) is 9.04 Å². The SMILES string of the molecule is Cc1cc(C=O)ccc1C(O[Si](c1ccccc1)c1ccccc1)C(C)(C)C. The van der Waals surface area contributed by atoms with Crippen LogP contribution in [-0.4, -0.2) is 15.3 Å². The van der Waals surface area contributed by atoms with Crippen LogP contribution in [0.4, 0.5) is 0 Å². The smallest absolute Gasteiger partial charge is 0.283 e. The molecule has 0 heterocycles. The van der Waals surface area contributed by atoms with Crippen LogP contribution >= 0.6 is 0 Å². The zero-order valence-electron chi connectivity index (χ0n) is 17.0. The van der Waals surface area contributed by atoms with E-state index in [1.54, 1.807) is 0 Å². The molecule has 1 atom stereocenters. The van der Waals surface area contributed by atoms with Crippen molar-refractivity contribution < 1.29 is 9.22 Å². The molecule has 0 spiro atoms. The van der Waals surface area contributed by atoms with Gasteiger partial charge in [-0.3, -0.25) is 4.79 Å². The van der Waals surface area contributed by atoms with Crippen molar-refractivity contribution in [3.8, 4) is 0 Å². The highest BCUT2D eigenvalue weighted by atomic mass is 28.3. The molecule has 0 N–H and O–H groups in total. The minimum absolute atomic E-state index is 0.0810. The highest BCUT2D eigenvalue weighted by molar-refractivity contribution is 6.80. The molecule has 28 heavy (non-hydrogen) atoms. The van der Waals surface area contributed by atoms with E-state index in [4.69, 9.17) is 4.43 Å². The molecule has 0 amide bonds. The molecule has 0 bridgehead atoms. The molecule has 0 aromatic heterocycles. The Morgan fingerprint density at radius 2 is 1.39 bits per heavy atom. The Balaban J connectivity index is 2.06. The number of carbonyl (C=O) groups is 1. The lowest BCUT2D eigenvalue weighted by Crippen LogP contribution is -2.47. The quantitative estimate of drug-likeness (QED) is 0.452. The number of hydrogen-bond acceptors (Lipinski definition) is 2. The zero-order valence-corrected chi connectivity index (χ0v) is 18.0. The van der Waals surface area contributed by atoms with E-state index in [-0.39, 0.29) is 11.5 Å². The number of aryl methyl sites for hydroxylation is 1. The molecular formula is C25H27O2Si. The van der Waals surface area contributed by atoms with Gasteiger partial charge in [-0.15, -0.1) is 0 Å². The van der Waals surface area contributed by atoms with Crippen LogP contribution in [0.3, 0.4) is 0 Å². The van der Waals surface area contributed by atoms with Gasteiger partial charge >= 0.3 is 0 Å². The minimum atomic E-state index is -1.43. The molecule has 3 heteroatoms. The van der Waals surface area contributed by atoms with Crippen LogP contribution < -0.4 is 10.4 Å². The molecule has 0 fully saturated rings. The average molecular weight is 388 g/mol. The summed E-state index contributed by atoms with van der Waals surface area (Å²) in [6.07, 6.45) is 0.815. The summed E-state index contributed by atoms with van der Waals surface area (Å²) < 4.78 is 6.94. The summed E-state index contributed by atoms with van der Waals surface area (Å²) in [5, 5.41) is 2.46. The normalized spacial score (nSPS) is 12.8. The predicted octanol–water partition coefficient (Wildman–Crippen LogP) is 4.72. The first-order chi connectivity index (χ1) is 13.4. The van der Waals surface area contributed by atoms with E-state index in [1.165, 1.54) is 10.4 Å². The summed E-state index contributed by atoms with van der Waals surface area (Å²) in [5.41, 5.74) is 2.84. The third-order valence-electron chi connectivity index (χ3n) is 4.81. The van der Waals surface area contributed by atoms with Crippen LogP contribution in [0.15, 0.2) is 78.9 Å². The molecular weight excluding hydrogens is 360 g/mol. The van der Waals surface area contributed by atoms with E-state index >= 15 is 0 Å². The van der Waals surface area contributed by atoms with Crippen molar-refractivity contribution >= 4 is 25.7 Å². The monoisotopic (exact) mass is 387 g/mol. The van der Waals surface area contributed by atoms with Crippen LogP contribution in [0.1, 0.15) is 48.4 Å². The predicted molar refractivity (Wildman–Crippen MR) is 118 cm³/mol. The number of carbonyl (C=O) groups excluding carboxylic acids is 1. The van der Waals surface area contributed by atoms with Gasteiger partial charge in [0.15, 0.2) is 0 Å². The number of benzene rings is 3. The van der Waals surface area contributed by atoms with Gasteiger partial charge in [0.2, 0.25) is 0 Å². The van der Waals surface area contributed by atoms with Gasteiger partial charge in [-0.25, -0.2) is 0 Å². The second-order valence-electron chi connectivity index (χ2n) is 8.16. The second-order valence-corrected chi connectivity index (χ2v) is 10.2. The van der Waals surface area contributed by atoms with Gasteiger partial charge in [-0.2, -0.15) is 0 Å². The van der Waals surface area contributed by atoms with E-state index in [1.807, 2.05) is 30.3 Å². The van der Waals surface area contributed by atoms with E-state index in [2.05, 4.69) is 76.2 Å². The van der Waals surface area contributed by atoms with Crippen LogP contribution in [0, 0.1) is 12.3 Å². The Morgan fingerprint density at radius 1 is 0.857 bits per heavy atom. The highest BCUT2D eigenvalue weighted by Crippen LogP contribution is 2.38. The summed E-state index contributed by atoms with van der Waals surface area (Å²) >= 11 is 0. The first kappa shape index (κ1) is 20.2. The second kappa shape index (κ2) is 8.68. The van der Waals surface area contributed by atoms with Gasteiger partial charge in [0, 0.05) is 5.56 Å². The topological polar surface area (TPSA) is 26.3 Å². The van der Waals surface area contributed by atoms with Gasteiger partial charge in [-0.1, -0.05) is 93.6 Å². The van der Waals surface area contributed by atoms with Crippen molar-refractivity contribution in [2.24, 2.45) is 5.41 Å². The molecule has 1 radical (unpaired) electrons. The van der Waals surface area contributed by atoms with E-state index in [9.17, 15) is 4.79 Å². The van der Waals surface area contributed by atoms with Gasteiger partial charge < -0.3 is 4.43 Å². The molecule has 0 saturated heterocycles. The van der Waals surface area contributed by atoms with Crippen LogP contribution in [0.5, 0.6) is 0 Å². The molecule has 0 saturated carbocycles. The molecule has 0 aliphatic heterocycles. The van der Waals surface area contributed by atoms with Crippen LogP contribution in [0.2, 0.25) is 0 Å². The zero-order chi connectivity index (χ0) is 20.1. The molecule has 0 aliphatic carbocycles. The fraction of sp³-hybridized carbons (Fsp3) is 0.240. The highest BCUT2D eigenvalue weighted by Gasteiger charge is 2.33. The summed E-state index contributed by atoms with van der Waals surface area (Å²) in [6.45, 7) is 8.68. The fourth-order valence-electron chi connectivity index (χ4n) is 3.37. The third kappa shape index (κ3) is 4.67. The molecule has 3 rings (SSSR count). The lowest BCUT2D eigenvalue weighted by molar-refractivity contribution is 0.0891. The summed E-state index contributed by atoms with van der Waals surface area (Å²) in [7, 11) is -1.43. The molecule has 143 valence electrons. The van der Waals surface area contributed by atoms with Crippen molar-refractivity contribution in [1.82, 2.24) is 0 Å². The largest absolute Gasteiger partial charge is 0.400 e. The maximum atomic E-state index is 11.2. The van der Waals surface area contributed by atoms with E-state index < -0.39 is 9.04 Å². The Bertz CT molecular complexity index is 875. The summed E-state index contributed by atoms with van der Waals surface area (Å²) in [5.74, 6) is 0. The van der Waals surface area contributed by atoms with E-state index in [0.717, 1.165) is 17.4 Å². The van der Waals surface area contributed by atoms with Crippen molar-refractivity contribution in [3.05, 3.63) is 95.6 Å². The van der Waals surface area contributed by atoms with Gasteiger partial charge in [0.05, 0.1) is 6.10 Å². The maximum Gasteiger partial charge on any atom is 0.283 e. The van der Waals surface area contributed by atoms with Crippen molar-refractivity contribution in [2.45, 2.75) is 33.8 Å². The molecule has 1 unspecified atom stereocenters. The van der Waals surface area contributed by atoms with Crippen LogP contribution in [0.25, 0.3) is 0 Å². The summed E-state index contributed by atoms with van der Waals surface area (Å²) in [4.78, 5) is 11.2. The first-order valence-corrected chi connectivity index (χ1v) is 11.0. The minimum Gasteiger partial charge on any atom is -0.400 e. The van der Waals surface area contributed by atoms with Crippen molar-refractivity contribution in [3.63, 3.8) is 0 Å². The Labute approximate surface area is 169 Å². The molecule has 0 aliphatic rings. The average Bonchev–Trinajstić information content (AvgIpc) is 2.69. The third-order valence-corrected chi connectivity index (χ3v) is 6.99. The summed E-state index contributed by atoms with van der Waals surface area (Å²) in [6, 6.07) is 26.9. The fourth-order valence-corrected chi connectivity index (χ4v) is 5.68. The lowest BCUT2D eigenvalue weighted by Gasteiger charge is -2.35. The lowest BCUT2D eigenvalue weighted by atomic mass is 9.83. The maximum absolute atomic E-state index is 11.2. The Kier molecular flexibility index (Phi) is 6.27. The molecule has 3 aromatic carbocycles. The van der Waals surface area contributed by atoms with Gasteiger partial charge in [-0.05, 0) is 39.9 Å². The molecule has 2 nitrogen and oxygen atoms in total.